The number of ether oxygens (including phenoxy) is 2. The molecule has 0 aliphatic heterocycles. The third-order valence-electron chi connectivity index (χ3n) is 4.24. The van der Waals surface area contributed by atoms with Gasteiger partial charge >= 0.3 is 0 Å². The smallest absolute Gasteiger partial charge is 0.274 e. The van der Waals surface area contributed by atoms with Gasteiger partial charge in [-0.05, 0) is 44.1 Å². The van der Waals surface area contributed by atoms with E-state index in [-0.39, 0.29) is 12.0 Å². The highest BCUT2D eigenvalue weighted by molar-refractivity contribution is 7.98. The molecule has 0 bridgehead atoms. The third-order valence-corrected chi connectivity index (χ3v) is 5.03. The number of nitrogens with one attached hydrogen (secondary N) is 1. The zero-order chi connectivity index (χ0) is 17.6. The number of carbonyl (C=O) groups is 1. The number of carbonyl (C=O) groups excluding carboxylic acids is 1. The van der Waals surface area contributed by atoms with Crippen molar-refractivity contribution in [3.05, 3.63) is 42.2 Å². The minimum atomic E-state index is -0.263. The van der Waals surface area contributed by atoms with Gasteiger partial charge in [0, 0.05) is 11.0 Å². The zero-order valence-corrected chi connectivity index (χ0v) is 15.3. The molecule has 1 saturated carbocycles. The number of benzene rings is 1. The van der Waals surface area contributed by atoms with Gasteiger partial charge in [0.05, 0.1) is 25.1 Å². The molecule has 1 aliphatic carbocycles. The van der Waals surface area contributed by atoms with Crippen LogP contribution in [0.15, 0.2) is 41.4 Å². The van der Waals surface area contributed by atoms with Gasteiger partial charge in [0.1, 0.15) is 5.69 Å². The van der Waals surface area contributed by atoms with Crippen LogP contribution >= 0.6 is 11.8 Å². The Morgan fingerprint density at radius 2 is 2.00 bits per heavy atom. The Morgan fingerprint density at radius 1 is 1.24 bits per heavy atom. The van der Waals surface area contributed by atoms with Crippen molar-refractivity contribution in [2.75, 3.05) is 18.7 Å². The zero-order valence-electron chi connectivity index (χ0n) is 14.5. The fraction of sp³-hybridized carbons (Fsp3) is 0.368. The standard InChI is InChI=1S/C19H22N2O3S/c1-23-17-12-20-15(11-16(17)24-13-7-3-4-8-13)19(22)21-14-9-5-6-10-18(14)25-2/h5-6,9-13H,3-4,7-8H2,1-2H3,(H,21,22). The molecule has 1 fully saturated rings. The maximum Gasteiger partial charge on any atom is 0.274 e. The molecule has 1 N–H and O–H groups in total. The lowest BCUT2D eigenvalue weighted by molar-refractivity contribution is 0.102. The largest absolute Gasteiger partial charge is 0.491 e. The summed E-state index contributed by atoms with van der Waals surface area (Å²) in [7, 11) is 1.58. The average Bonchev–Trinajstić information content (AvgIpc) is 3.15. The summed E-state index contributed by atoms with van der Waals surface area (Å²) in [5.74, 6) is 0.862. The van der Waals surface area contributed by atoms with E-state index >= 15 is 0 Å². The van der Waals surface area contributed by atoms with E-state index in [4.69, 9.17) is 9.47 Å². The molecule has 5 nitrogen and oxygen atoms in total. The van der Waals surface area contributed by atoms with E-state index in [1.807, 2.05) is 30.5 Å². The maximum atomic E-state index is 12.6. The fourth-order valence-electron chi connectivity index (χ4n) is 2.91. The van der Waals surface area contributed by atoms with Crippen LogP contribution in [0.5, 0.6) is 11.5 Å². The van der Waals surface area contributed by atoms with Crippen molar-refractivity contribution in [1.29, 1.82) is 0 Å². The minimum Gasteiger partial charge on any atom is -0.491 e. The molecule has 6 heteroatoms. The van der Waals surface area contributed by atoms with Gasteiger partial charge in [-0.25, -0.2) is 4.98 Å². The van der Waals surface area contributed by atoms with Crippen molar-refractivity contribution in [3.63, 3.8) is 0 Å². The Kier molecular flexibility index (Phi) is 5.81. The number of hydrogen-bond acceptors (Lipinski definition) is 5. The van der Waals surface area contributed by atoms with Gasteiger partial charge < -0.3 is 14.8 Å². The molecule has 0 spiro atoms. The first-order chi connectivity index (χ1) is 12.2. The Bertz CT molecular complexity index is 745. The highest BCUT2D eigenvalue weighted by atomic mass is 32.2. The second-order valence-corrected chi connectivity index (χ2v) is 6.75. The van der Waals surface area contributed by atoms with Crippen LogP contribution in [-0.2, 0) is 0 Å². The number of methoxy groups -OCH3 is 1. The Balaban J connectivity index is 1.80. The highest BCUT2D eigenvalue weighted by Gasteiger charge is 2.20. The topological polar surface area (TPSA) is 60.5 Å². The molecule has 2 aromatic rings. The Labute approximate surface area is 152 Å². The predicted molar refractivity (Wildman–Crippen MR) is 99.8 cm³/mol. The Hall–Kier alpha value is -2.21. The van der Waals surface area contributed by atoms with E-state index in [0.29, 0.717) is 17.2 Å². The SMILES string of the molecule is COc1cnc(C(=O)Nc2ccccc2SC)cc1OC1CCCC1. The first-order valence-electron chi connectivity index (χ1n) is 8.36. The molecule has 1 aliphatic rings. The summed E-state index contributed by atoms with van der Waals surface area (Å²) in [6.07, 6.45) is 8.13. The quantitative estimate of drug-likeness (QED) is 0.776. The summed E-state index contributed by atoms with van der Waals surface area (Å²) >= 11 is 1.58. The lowest BCUT2D eigenvalue weighted by Gasteiger charge is -2.16. The van der Waals surface area contributed by atoms with Crippen molar-refractivity contribution in [2.45, 2.75) is 36.7 Å². The van der Waals surface area contributed by atoms with Crippen LogP contribution < -0.4 is 14.8 Å². The minimum absolute atomic E-state index is 0.185. The van der Waals surface area contributed by atoms with E-state index in [1.54, 1.807) is 31.1 Å². The van der Waals surface area contributed by atoms with E-state index in [9.17, 15) is 4.79 Å². The van der Waals surface area contributed by atoms with Crippen LogP contribution in [0, 0.1) is 0 Å². The molecule has 1 aromatic carbocycles. The first-order valence-corrected chi connectivity index (χ1v) is 9.59. The molecule has 132 valence electrons. The maximum absolute atomic E-state index is 12.6. The summed E-state index contributed by atoms with van der Waals surface area (Å²) in [5.41, 5.74) is 1.08. The Morgan fingerprint density at radius 3 is 2.72 bits per heavy atom. The van der Waals surface area contributed by atoms with Crippen LogP contribution in [0.1, 0.15) is 36.2 Å². The van der Waals surface area contributed by atoms with Crippen LogP contribution in [-0.4, -0.2) is 30.4 Å². The summed E-state index contributed by atoms with van der Waals surface area (Å²) in [6.45, 7) is 0. The third kappa shape index (κ3) is 4.25. The molecule has 0 saturated heterocycles. The number of amides is 1. The van der Waals surface area contributed by atoms with Crippen LogP contribution in [0.4, 0.5) is 5.69 Å². The lowest BCUT2D eigenvalue weighted by atomic mass is 10.2. The molecule has 25 heavy (non-hydrogen) atoms. The normalized spacial score (nSPS) is 14.3. The van der Waals surface area contributed by atoms with Crippen molar-refractivity contribution in [2.24, 2.45) is 0 Å². The summed E-state index contributed by atoms with van der Waals surface area (Å²) in [5, 5.41) is 2.92. The van der Waals surface area contributed by atoms with Gasteiger partial charge in [-0.1, -0.05) is 12.1 Å². The van der Waals surface area contributed by atoms with Crippen molar-refractivity contribution in [1.82, 2.24) is 4.98 Å². The number of anilines is 1. The van der Waals surface area contributed by atoms with Crippen LogP contribution in [0.2, 0.25) is 0 Å². The van der Waals surface area contributed by atoms with Gasteiger partial charge in [0.2, 0.25) is 0 Å². The second kappa shape index (κ2) is 8.25. The average molecular weight is 358 g/mol. The number of pyridine rings is 1. The predicted octanol–water partition coefficient (Wildman–Crippen LogP) is 4.39. The van der Waals surface area contributed by atoms with E-state index < -0.39 is 0 Å². The molecular weight excluding hydrogens is 336 g/mol. The van der Waals surface area contributed by atoms with Crippen LogP contribution in [0.3, 0.4) is 0 Å². The van der Waals surface area contributed by atoms with Gasteiger partial charge in [-0.15, -0.1) is 11.8 Å². The van der Waals surface area contributed by atoms with E-state index in [1.165, 1.54) is 12.8 Å². The number of nitrogens with zero attached hydrogens (tertiary/aromatic N) is 1. The van der Waals surface area contributed by atoms with E-state index in [2.05, 4.69) is 10.3 Å². The van der Waals surface area contributed by atoms with Crippen molar-refractivity contribution >= 4 is 23.4 Å². The molecule has 0 unspecified atom stereocenters. The van der Waals surface area contributed by atoms with Gasteiger partial charge in [-0.3, -0.25) is 4.79 Å². The van der Waals surface area contributed by atoms with Crippen LogP contribution in [0.25, 0.3) is 0 Å². The van der Waals surface area contributed by atoms with Gasteiger partial charge in [0.25, 0.3) is 5.91 Å². The summed E-state index contributed by atoms with van der Waals surface area (Å²) < 4.78 is 11.4. The number of aromatic nitrogens is 1. The molecule has 1 heterocycles. The van der Waals surface area contributed by atoms with Crippen molar-refractivity contribution < 1.29 is 14.3 Å². The summed E-state index contributed by atoms with van der Waals surface area (Å²) in [4.78, 5) is 17.8. The molecule has 0 radical (unpaired) electrons. The van der Waals surface area contributed by atoms with Gasteiger partial charge in [-0.2, -0.15) is 0 Å². The highest BCUT2D eigenvalue weighted by Crippen LogP contribution is 2.32. The number of hydrogen-bond donors (Lipinski definition) is 1. The molecule has 1 aromatic heterocycles. The first kappa shape index (κ1) is 17.6. The number of thioether (sulfide) groups is 1. The fourth-order valence-corrected chi connectivity index (χ4v) is 3.47. The monoisotopic (exact) mass is 358 g/mol. The number of rotatable bonds is 6. The molecule has 3 rings (SSSR count). The second-order valence-electron chi connectivity index (χ2n) is 5.90. The van der Waals surface area contributed by atoms with E-state index in [0.717, 1.165) is 23.4 Å². The van der Waals surface area contributed by atoms with Crippen molar-refractivity contribution in [3.8, 4) is 11.5 Å². The number of para-hydroxylation sites is 1. The molecule has 1 amide bonds. The summed E-state index contributed by atoms with van der Waals surface area (Å²) in [6, 6.07) is 9.35. The van der Waals surface area contributed by atoms with Gasteiger partial charge in [0.15, 0.2) is 11.5 Å². The molecular formula is C19H22N2O3S. The molecule has 0 atom stereocenters. The lowest BCUT2D eigenvalue weighted by Crippen LogP contribution is -2.16.